The maximum atomic E-state index is 6.36. The monoisotopic (exact) mass is 461 g/mol. The maximum absolute atomic E-state index is 6.36. The van der Waals surface area contributed by atoms with Gasteiger partial charge in [0.1, 0.15) is 11.4 Å². The molecule has 0 saturated carbocycles. The fourth-order valence-electron chi connectivity index (χ4n) is 4.43. The Morgan fingerprint density at radius 1 is 0.735 bits per heavy atom. The molecule has 0 saturated heterocycles. The minimum absolute atomic E-state index is 0.633. The Morgan fingerprint density at radius 2 is 1.41 bits per heavy atom. The number of benzene rings is 4. The predicted molar refractivity (Wildman–Crippen MR) is 138 cm³/mol. The van der Waals surface area contributed by atoms with Crippen LogP contribution in [0.1, 0.15) is 0 Å². The van der Waals surface area contributed by atoms with Crippen molar-refractivity contribution in [2.45, 2.75) is 0 Å². The van der Waals surface area contributed by atoms with Gasteiger partial charge in [-0.05, 0) is 30.3 Å². The highest BCUT2D eigenvalue weighted by Gasteiger charge is 2.23. The van der Waals surface area contributed by atoms with Gasteiger partial charge in [-0.1, -0.05) is 84.4 Å². The molecule has 164 valence electrons. The molecule has 0 amide bonds. The van der Waals surface area contributed by atoms with Crippen LogP contribution in [0.25, 0.3) is 50.5 Å². The average Bonchev–Trinajstić information content (AvgIpc) is 3.30. The number of nitrogens with zero attached hydrogens (tertiary/aromatic N) is 3. The Balaban J connectivity index is 1.84. The first-order chi connectivity index (χ1) is 16.7. The minimum Gasteiger partial charge on any atom is -0.496 e. The number of para-hydroxylation sites is 1. The normalized spacial score (nSPS) is 11.2. The van der Waals surface area contributed by atoms with Gasteiger partial charge in [-0.2, -0.15) is 0 Å². The molecule has 4 aromatic carbocycles. The van der Waals surface area contributed by atoms with Gasteiger partial charge in [0.05, 0.1) is 29.6 Å². The van der Waals surface area contributed by atoms with Crippen molar-refractivity contribution in [1.29, 1.82) is 0 Å². The van der Waals surface area contributed by atoms with E-state index in [0.717, 1.165) is 56.2 Å². The molecule has 0 aliphatic carbocycles. The summed E-state index contributed by atoms with van der Waals surface area (Å²) in [7, 11) is 1.68. The largest absolute Gasteiger partial charge is 0.496 e. The van der Waals surface area contributed by atoms with Crippen LogP contribution in [0.15, 0.2) is 103 Å². The number of ether oxygens (including phenoxy) is 1. The molecule has 0 N–H and O–H groups in total. The fourth-order valence-corrected chi connectivity index (χ4v) is 4.59. The molecule has 0 aliphatic rings. The average molecular weight is 462 g/mol. The number of imidazole rings is 1. The van der Waals surface area contributed by atoms with Crippen LogP contribution in [0.4, 0.5) is 0 Å². The minimum atomic E-state index is 0.633. The number of rotatable bonds is 4. The van der Waals surface area contributed by atoms with Gasteiger partial charge >= 0.3 is 0 Å². The summed E-state index contributed by atoms with van der Waals surface area (Å²) in [5, 5.41) is 1.57. The highest BCUT2D eigenvalue weighted by Crippen LogP contribution is 2.39. The third kappa shape index (κ3) is 3.31. The summed E-state index contributed by atoms with van der Waals surface area (Å²) in [4.78, 5) is 10.3. The van der Waals surface area contributed by atoms with Crippen molar-refractivity contribution >= 4 is 28.2 Å². The maximum Gasteiger partial charge on any atom is 0.150 e. The zero-order valence-corrected chi connectivity index (χ0v) is 19.2. The van der Waals surface area contributed by atoms with Crippen molar-refractivity contribution in [3.63, 3.8) is 0 Å². The van der Waals surface area contributed by atoms with Crippen molar-refractivity contribution in [3.05, 3.63) is 108 Å². The number of halogens is 1. The summed E-state index contributed by atoms with van der Waals surface area (Å²) in [6.45, 7) is 0. The summed E-state index contributed by atoms with van der Waals surface area (Å²) in [5.74, 6) is 1.49. The molecule has 5 heteroatoms. The van der Waals surface area contributed by atoms with Gasteiger partial charge in [-0.15, -0.1) is 0 Å². The van der Waals surface area contributed by atoms with Crippen molar-refractivity contribution < 1.29 is 4.74 Å². The standard InChI is InChI=1S/C29H20ClN3O/c1-34-25-15-9-8-14-23(25)29-31-24-18-21(30)16-17-22(24)28-32-26(19-10-4-2-5-11-19)27(33(28)29)20-12-6-3-7-13-20/h2-18H,1H3. The van der Waals surface area contributed by atoms with Crippen LogP contribution < -0.4 is 4.74 Å². The van der Waals surface area contributed by atoms with E-state index in [1.165, 1.54) is 0 Å². The van der Waals surface area contributed by atoms with Crippen LogP contribution in [0.3, 0.4) is 0 Å². The zero-order chi connectivity index (χ0) is 23.1. The van der Waals surface area contributed by atoms with Crippen LogP contribution in [-0.2, 0) is 0 Å². The van der Waals surface area contributed by atoms with Crippen LogP contribution in [0, 0.1) is 0 Å². The molecule has 6 rings (SSSR count). The van der Waals surface area contributed by atoms with Crippen molar-refractivity contribution in [3.8, 4) is 39.7 Å². The first-order valence-electron chi connectivity index (χ1n) is 11.0. The molecule has 4 nitrogen and oxygen atoms in total. The smallest absolute Gasteiger partial charge is 0.150 e. The third-order valence-electron chi connectivity index (χ3n) is 5.96. The van der Waals surface area contributed by atoms with Gasteiger partial charge in [0, 0.05) is 21.5 Å². The molecule has 2 aromatic heterocycles. The van der Waals surface area contributed by atoms with E-state index in [1.807, 2.05) is 78.9 Å². The van der Waals surface area contributed by atoms with E-state index in [0.29, 0.717) is 5.02 Å². The Bertz CT molecular complexity index is 1640. The van der Waals surface area contributed by atoms with Crippen molar-refractivity contribution in [2.24, 2.45) is 0 Å². The lowest BCUT2D eigenvalue weighted by Crippen LogP contribution is -2.01. The second kappa shape index (κ2) is 8.32. The van der Waals surface area contributed by atoms with Crippen LogP contribution in [-0.4, -0.2) is 21.5 Å². The molecular weight excluding hydrogens is 442 g/mol. The molecular formula is C29H20ClN3O. The van der Waals surface area contributed by atoms with Gasteiger partial charge in [-0.3, -0.25) is 4.40 Å². The van der Waals surface area contributed by atoms with Gasteiger partial charge in [0.15, 0.2) is 5.82 Å². The number of fused-ring (bicyclic) bond motifs is 3. The quantitative estimate of drug-likeness (QED) is 0.272. The topological polar surface area (TPSA) is 39.4 Å². The molecule has 0 unspecified atom stereocenters. The van der Waals surface area contributed by atoms with E-state index in [1.54, 1.807) is 7.11 Å². The molecule has 34 heavy (non-hydrogen) atoms. The SMILES string of the molecule is COc1ccccc1-c1nc2cc(Cl)ccc2c2nc(-c3ccccc3)c(-c3ccccc3)n12. The van der Waals surface area contributed by atoms with Crippen LogP contribution >= 0.6 is 11.6 Å². The second-order valence-corrected chi connectivity index (χ2v) is 8.43. The van der Waals surface area contributed by atoms with E-state index in [2.05, 4.69) is 28.7 Å². The highest BCUT2D eigenvalue weighted by molar-refractivity contribution is 6.31. The summed E-state index contributed by atoms with van der Waals surface area (Å²) >= 11 is 6.36. The Kier molecular flexibility index (Phi) is 5.01. The number of aromatic nitrogens is 3. The highest BCUT2D eigenvalue weighted by atomic mass is 35.5. The Labute approximate surface area is 202 Å². The number of hydrogen-bond acceptors (Lipinski definition) is 3. The first-order valence-corrected chi connectivity index (χ1v) is 11.4. The Hall–Kier alpha value is -4.15. The van der Waals surface area contributed by atoms with Gasteiger partial charge in [-0.25, -0.2) is 9.97 Å². The van der Waals surface area contributed by atoms with E-state index < -0.39 is 0 Å². The van der Waals surface area contributed by atoms with E-state index in [9.17, 15) is 0 Å². The predicted octanol–water partition coefficient (Wildman–Crippen LogP) is 7.55. The first kappa shape index (κ1) is 20.5. The zero-order valence-electron chi connectivity index (χ0n) is 18.4. The lowest BCUT2D eigenvalue weighted by Gasteiger charge is -2.14. The second-order valence-electron chi connectivity index (χ2n) is 8.00. The van der Waals surface area contributed by atoms with E-state index >= 15 is 0 Å². The molecule has 0 atom stereocenters. The molecule has 0 spiro atoms. The van der Waals surface area contributed by atoms with Crippen molar-refractivity contribution in [2.75, 3.05) is 7.11 Å². The number of hydrogen-bond donors (Lipinski definition) is 0. The summed E-state index contributed by atoms with van der Waals surface area (Å²) in [6.07, 6.45) is 0. The summed E-state index contributed by atoms with van der Waals surface area (Å²) < 4.78 is 7.87. The molecule has 6 aromatic rings. The molecule has 2 heterocycles. The lowest BCUT2D eigenvalue weighted by molar-refractivity contribution is 0.416. The van der Waals surface area contributed by atoms with Gasteiger partial charge in [0.25, 0.3) is 0 Å². The molecule has 0 aliphatic heterocycles. The lowest BCUT2D eigenvalue weighted by atomic mass is 10.0. The van der Waals surface area contributed by atoms with E-state index in [-0.39, 0.29) is 0 Å². The van der Waals surface area contributed by atoms with Gasteiger partial charge in [0.2, 0.25) is 0 Å². The third-order valence-corrected chi connectivity index (χ3v) is 6.19. The molecule has 0 fully saturated rings. The Morgan fingerprint density at radius 3 is 2.15 bits per heavy atom. The molecule has 0 radical (unpaired) electrons. The van der Waals surface area contributed by atoms with Crippen LogP contribution in [0.5, 0.6) is 5.75 Å². The van der Waals surface area contributed by atoms with E-state index in [4.69, 9.17) is 26.3 Å². The van der Waals surface area contributed by atoms with Crippen LogP contribution in [0.2, 0.25) is 5.02 Å². The van der Waals surface area contributed by atoms with Gasteiger partial charge < -0.3 is 4.74 Å². The van der Waals surface area contributed by atoms with Crippen molar-refractivity contribution in [1.82, 2.24) is 14.4 Å². The summed E-state index contributed by atoms with van der Waals surface area (Å²) in [6, 6.07) is 34.2. The summed E-state index contributed by atoms with van der Waals surface area (Å²) in [5.41, 5.74) is 6.45. The number of methoxy groups -OCH3 is 1. The fraction of sp³-hybridized carbons (Fsp3) is 0.0345. The molecule has 0 bridgehead atoms.